The van der Waals surface area contributed by atoms with Crippen molar-refractivity contribution in [3.05, 3.63) is 46.4 Å². The molecule has 3 rings (SSSR count). The summed E-state index contributed by atoms with van der Waals surface area (Å²) < 4.78 is 22.4. The van der Waals surface area contributed by atoms with Crippen molar-refractivity contribution in [2.24, 2.45) is 5.73 Å². The van der Waals surface area contributed by atoms with E-state index < -0.39 is 6.03 Å². The number of urea groups is 1. The van der Waals surface area contributed by atoms with E-state index in [0.29, 0.717) is 73.2 Å². The molecule has 1 aliphatic rings. The second-order valence-corrected chi connectivity index (χ2v) is 8.03. The molecule has 33 heavy (non-hydrogen) atoms. The van der Waals surface area contributed by atoms with Crippen molar-refractivity contribution in [1.29, 1.82) is 0 Å². The Morgan fingerprint density at radius 3 is 2.64 bits per heavy atom. The Labute approximate surface area is 202 Å². The Morgan fingerprint density at radius 2 is 1.91 bits per heavy atom. The molecular weight excluding hydrogens is 473 g/mol. The predicted octanol–water partition coefficient (Wildman–Crippen LogP) is 3.97. The lowest BCUT2D eigenvalue weighted by Crippen LogP contribution is -2.26. The van der Waals surface area contributed by atoms with Gasteiger partial charge in [-0.3, -0.25) is 4.84 Å². The van der Waals surface area contributed by atoms with Crippen LogP contribution in [0.2, 0.25) is 10.0 Å². The number of nitrogens with one attached hydrogen (secondary N) is 1. The molecule has 11 heteroatoms. The van der Waals surface area contributed by atoms with Crippen LogP contribution in [0.15, 0.2) is 36.4 Å². The fourth-order valence-corrected chi connectivity index (χ4v) is 3.45. The van der Waals surface area contributed by atoms with E-state index in [1.807, 2.05) is 17.2 Å². The number of halogens is 2. The van der Waals surface area contributed by atoms with Gasteiger partial charge in [-0.05, 0) is 36.8 Å². The van der Waals surface area contributed by atoms with Crippen molar-refractivity contribution >= 4 is 34.9 Å². The number of amides is 2. The zero-order chi connectivity index (χ0) is 23.6. The lowest BCUT2D eigenvalue weighted by molar-refractivity contribution is -0.111. The Balaban J connectivity index is 1.48. The summed E-state index contributed by atoms with van der Waals surface area (Å²) in [6, 6.07) is 9.66. The van der Waals surface area contributed by atoms with Crippen LogP contribution in [-0.2, 0) is 9.57 Å². The van der Waals surface area contributed by atoms with Gasteiger partial charge in [0.15, 0.2) is 0 Å². The third-order valence-corrected chi connectivity index (χ3v) is 5.16. The quantitative estimate of drug-likeness (QED) is 0.425. The highest BCUT2D eigenvalue weighted by Gasteiger charge is 2.25. The van der Waals surface area contributed by atoms with Crippen LogP contribution in [0.4, 0.5) is 10.5 Å². The van der Waals surface area contributed by atoms with Crippen molar-refractivity contribution in [1.82, 2.24) is 5.06 Å². The number of rotatable bonds is 12. The second-order valence-electron chi connectivity index (χ2n) is 7.19. The van der Waals surface area contributed by atoms with E-state index in [2.05, 4.69) is 5.32 Å². The van der Waals surface area contributed by atoms with E-state index in [-0.39, 0.29) is 6.10 Å². The average Bonchev–Trinajstić information content (AvgIpc) is 3.22. The number of methoxy groups -OCH3 is 1. The largest absolute Gasteiger partial charge is 0.491 e. The zero-order valence-corrected chi connectivity index (χ0v) is 19.7. The Kier molecular flexibility index (Phi) is 9.71. The maximum absolute atomic E-state index is 11.3. The molecule has 0 bridgehead atoms. The summed E-state index contributed by atoms with van der Waals surface area (Å²) >= 11 is 12.1. The smallest absolute Gasteiger partial charge is 0.316 e. The van der Waals surface area contributed by atoms with Crippen molar-refractivity contribution in [2.45, 2.75) is 12.5 Å². The summed E-state index contributed by atoms with van der Waals surface area (Å²) in [6.45, 7) is 2.85. The first-order chi connectivity index (χ1) is 15.9. The first-order valence-electron chi connectivity index (χ1n) is 10.4. The van der Waals surface area contributed by atoms with Crippen molar-refractivity contribution in [3.63, 3.8) is 0 Å². The summed E-state index contributed by atoms with van der Waals surface area (Å²) in [6.07, 6.45) is 0.605. The van der Waals surface area contributed by atoms with Crippen LogP contribution in [0.1, 0.15) is 6.42 Å². The maximum Gasteiger partial charge on any atom is 0.316 e. The number of primary amides is 1. The maximum atomic E-state index is 11.3. The second kappa shape index (κ2) is 12.7. The van der Waals surface area contributed by atoms with Crippen LogP contribution >= 0.6 is 23.2 Å². The monoisotopic (exact) mass is 499 g/mol. The number of carbonyl (C=O) groups is 1. The molecule has 9 nitrogen and oxygen atoms in total. The van der Waals surface area contributed by atoms with Crippen molar-refractivity contribution in [3.8, 4) is 17.2 Å². The van der Waals surface area contributed by atoms with Crippen LogP contribution in [0.25, 0.3) is 0 Å². The van der Waals surface area contributed by atoms with E-state index in [9.17, 15) is 4.79 Å². The number of ether oxygens (including phenoxy) is 4. The molecule has 2 aromatic rings. The van der Waals surface area contributed by atoms with Gasteiger partial charge in [0.05, 0.1) is 30.5 Å². The Hall–Kier alpha value is -2.43. The number of nitrogens with zero attached hydrogens (tertiary/aromatic N) is 1. The first-order valence-corrected chi connectivity index (χ1v) is 11.1. The fraction of sp³-hybridized carbons (Fsp3) is 0.409. The molecule has 1 aliphatic heterocycles. The van der Waals surface area contributed by atoms with Gasteiger partial charge < -0.3 is 30.0 Å². The normalized spacial score (nSPS) is 15.9. The molecule has 0 radical (unpaired) electrons. The third-order valence-electron chi connectivity index (χ3n) is 4.61. The molecule has 2 amide bonds. The molecule has 1 saturated heterocycles. The van der Waals surface area contributed by atoms with Gasteiger partial charge >= 0.3 is 6.03 Å². The summed E-state index contributed by atoms with van der Waals surface area (Å²) in [5.41, 5.74) is 5.62. The molecule has 1 unspecified atom stereocenters. The van der Waals surface area contributed by atoms with Crippen LogP contribution < -0.4 is 25.3 Å². The minimum absolute atomic E-state index is 0.0680. The predicted molar refractivity (Wildman–Crippen MR) is 126 cm³/mol. The number of nitrogens with two attached hydrogens (primary N) is 1. The molecule has 1 fully saturated rings. The SMILES string of the molecule is COCCOc1cc(OCCCN2CC(Oc3ccc(Cl)cc3)CO2)c(NC(N)=O)cc1Cl. The fourth-order valence-electron chi connectivity index (χ4n) is 3.11. The lowest BCUT2D eigenvalue weighted by atomic mass is 10.2. The molecule has 3 N–H and O–H groups in total. The minimum Gasteiger partial charge on any atom is -0.491 e. The number of anilines is 1. The van der Waals surface area contributed by atoms with E-state index in [1.165, 1.54) is 6.07 Å². The first kappa shape index (κ1) is 25.2. The highest BCUT2D eigenvalue weighted by Crippen LogP contribution is 2.36. The summed E-state index contributed by atoms with van der Waals surface area (Å²) in [4.78, 5) is 17.0. The Bertz CT molecular complexity index is 916. The van der Waals surface area contributed by atoms with Crippen LogP contribution in [0.3, 0.4) is 0 Å². The molecule has 0 aromatic heterocycles. The summed E-state index contributed by atoms with van der Waals surface area (Å²) in [5, 5.41) is 5.33. The van der Waals surface area contributed by atoms with E-state index >= 15 is 0 Å². The average molecular weight is 500 g/mol. The minimum atomic E-state index is -0.721. The van der Waals surface area contributed by atoms with Gasteiger partial charge in [-0.25, -0.2) is 4.79 Å². The Morgan fingerprint density at radius 1 is 1.15 bits per heavy atom. The van der Waals surface area contributed by atoms with E-state index in [0.717, 1.165) is 5.75 Å². The molecule has 0 saturated carbocycles. The van der Waals surface area contributed by atoms with Crippen LogP contribution in [-0.4, -0.2) is 63.8 Å². The molecular formula is C22H27Cl2N3O6. The standard InChI is InChI=1S/C22H27Cl2N3O6/c1-29-9-10-31-20-12-21(19(11-18(20)24)26-22(25)28)30-8-2-7-27-13-17(14-32-27)33-16-5-3-15(23)4-6-16/h3-6,11-12,17H,2,7-10,13-14H2,1H3,(H3,25,26,28). The van der Waals surface area contributed by atoms with E-state index in [1.54, 1.807) is 25.3 Å². The van der Waals surface area contributed by atoms with Crippen molar-refractivity contribution < 1.29 is 28.6 Å². The lowest BCUT2D eigenvalue weighted by Gasteiger charge is -2.17. The third kappa shape index (κ3) is 8.13. The van der Waals surface area contributed by atoms with Gasteiger partial charge in [0, 0.05) is 24.7 Å². The van der Waals surface area contributed by atoms with E-state index in [4.69, 9.17) is 52.7 Å². The van der Waals surface area contributed by atoms with Gasteiger partial charge in [0.2, 0.25) is 0 Å². The summed E-state index contributed by atoms with van der Waals surface area (Å²) in [5.74, 6) is 1.57. The molecule has 1 heterocycles. The number of benzene rings is 2. The molecule has 1 atom stereocenters. The molecule has 2 aromatic carbocycles. The van der Waals surface area contributed by atoms with Gasteiger partial charge in [0.1, 0.15) is 36.6 Å². The van der Waals surface area contributed by atoms with Gasteiger partial charge in [-0.1, -0.05) is 23.2 Å². The number of hydrogen-bond acceptors (Lipinski definition) is 7. The van der Waals surface area contributed by atoms with Gasteiger partial charge in [-0.15, -0.1) is 0 Å². The number of hydroxylamine groups is 2. The highest BCUT2D eigenvalue weighted by atomic mass is 35.5. The van der Waals surface area contributed by atoms with Gasteiger partial charge in [-0.2, -0.15) is 5.06 Å². The number of hydrogen-bond donors (Lipinski definition) is 2. The highest BCUT2D eigenvalue weighted by molar-refractivity contribution is 6.32. The number of carbonyl (C=O) groups excluding carboxylic acids is 1. The summed E-state index contributed by atoms with van der Waals surface area (Å²) in [7, 11) is 1.58. The van der Waals surface area contributed by atoms with Gasteiger partial charge in [0.25, 0.3) is 0 Å². The topological polar surface area (TPSA) is 105 Å². The van der Waals surface area contributed by atoms with Crippen molar-refractivity contribution in [2.75, 3.05) is 51.9 Å². The zero-order valence-electron chi connectivity index (χ0n) is 18.2. The molecule has 180 valence electrons. The van der Waals surface area contributed by atoms with Crippen LogP contribution in [0.5, 0.6) is 17.2 Å². The van der Waals surface area contributed by atoms with Crippen LogP contribution in [0, 0.1) is 0 Å². The molecule has 0 aliphatic carbocycles. The molecule has 0 spiro atoms.